The molecule has 2 heterocycles. The van der Waals surface area contributed by atoms with Gasteiger partial charge in [-0.1, -0.05) is 12.2 Å². The van der Waals surface area contributed by atoms with E-state index in [1.54, 1.807) is 6.08 Å². The van der Waals surface area contributed by atoms with Crippen molar-refractivity contribution in [2.75, 3.05) is 19.6 Å². The average Bonchev–Trinajstić information content (AvgIpc) is 2.87. The van der Waals surface area contributed by atoms with E-state index in [-0.39, 0.29) is 38.0 Å². The monoisotopic (exact) mass is 659 g/mol. The van der Waals surface area contributed by atoms with E-state index in [0.717, 1.165) is 35.3 Å². The second-order valence-electron chi connectivity index (χ2n) is 6.60. The Hall–Kier alpha value is -1.02. The van der Waals surface area contributed by atoms with E-state index in [9.17, 15) is 9.18 Å². The summed E-state index contributed by atoms with van der Waals surface area (Å²) in [5.74, 6) is 0.0288. The Morgan fingerprint density at radius 2 is 2.19 bits per heavy atom. The fourth-order valence-corrected chi connectivity index (χ4v) is 3.62. The number of halogens is 2. The Kier molecular flexibility index (Phi) is 8.22. The molecule has 3 rings (SSSR count). The molecule has 1 aromatic rings. The van der Waals surface area contributed by atoms with Crippen molar-refractivity contribution < 1.29 is 29.6 Å². The number of aryl methyl sites for hydroxylation is 1. The molecule has 1 aliphatic heterocycles. The van der Waals surface area contributed by atoms with Crippen LogP contribution in [-0.2, 0) is 20.4 Å². The summed E-state index contributed by atoms with van der Waals surface area (Å²) >= 11 is 2.07. The molecule has 1 fully saturated rings. The summed E-state index contributed by atoms with van der Waals surface area (Å²) in [4.78, 5) is 21.8. The number of aromatic nitrogens is 2. The molecule has 1 radical (unpaired) electrons. The molecule has 0 aromatic carbocycles. The first kappa shape index (κ1) is 22.3. The Morgan fingerprint density at radius 1 is 1.48 bits per heavy atom. The molecule has 9 heteroatoms. The minimum atomic E-state index is -0.358. The van der Waals surface area contributed by atoms with Gasteiger partial charge in [0.15, 0.2) is 5.82 Å². The minimum absolute atomic E-state index is 0. The van der Waals surface area contributed by atoms with Gasteiger partial charge in [-0.25, -0.2) is 9.37 Å². The predicted octanol–water partition coefficient (Wildman–Crippen LogP) is 2.48. The summed E-state index contributed by atoms with van der Waals surface area (Å²) in [5, 5.41) is 2.86. The quantitative estimate of drug-likeness (QED) is 0.435. The van der Waals surface area contributed by atoms with Crippen LogP contribution in [0.1, 0.15) is 35.6 Å². The van der Waals surface area contributed by atoms with E-state index in [1.807, 2.05) is 17.9 Å². The van der Waals surface area contributed by atoms with Crippen molar-refractivity contribution >= 4 is 28.5 Å². The molecule has 0 atom stereocenters. The SMILES string of the molecule is Cc1[nH]c(C(=O)NC2=C(N3CCC(CN)CC3)C(F)=CC=CC2)nc1I.[ReH]. The molecule has 1 saturated heterocycles. The number of aromatic amines is 1. The maximum absolute atomic E-state index is 14.8. The zero-order valence-corrected chi connectivity index (χ0v) is 20.2. The van der Waals surface area contributed by atoms with Gasteiger partial charge in [-0.3, -0.25) is 4.79 Å². The number of likely N-dealkylation sites (tertiary alicyclic amines) is 1. The molecule has 0 unspecified atom stereocenters. The molecule has 2 aliphatic rings. The molecular formula is C18H24FIN5ORe. The van der Waals surface area contributed by atoms with Gasteiger partial charge in [0, 0.05) is 30.9 Å². The number of carbonyl (C=O) groups is 1. The van der Waals surface area contributed by atoms with E-state index in [1.165, 1.54) is 6.08 Å². The molecule has 27 heavy (non-hydrogen) atoms. The number of imidazole rings is 1. The summed E-state index contributed by atoms with van der Waals surface area (Å²) in [6.45, 7) is 3.98. The molecular weight excluding hydrogens is 634 g/mol. The maximum atomic E-state index is 14.8. The zero-order valence-electron chi connectivity index (χ0n) is 15.1. The van der Waals surface area contributed by atoms with Crippen LogP contribution in [0.15, 0.2) is 35.4 Å². The average molecular weight is 659 g/mol. The number of piperidine rings is 1. The third-order valence-corrected chi connectivity index (χ3v) is 5.83. The van der Waals surface area contributed by atoms with Crippen LogP contribution in [0.3, 0.4) is 0 Å². The van der Waals surface area contributed by atoms with Gasteiger partial charge in [-0.05, 0) is 60.9 Å². The number of carbonyl (C=O) groups excluding carboxylic acids is 1. The Balaban J connectivity index is 0.00000261. The summed E-state index contributed by atoms with van der Waals surface area (Å²) in [7, 11) is 0. The number of nitrogens with zero attached hydrogens (tertiary/aromatic N) is 2. The first-order valence-electron chi connectivity index (χ1n) is 8.74. The third-order valence-electron chi connectivity index (χ3n) is 4.78. The molecule has 1 amide bonds. The van der Waals surface area contributed by atoms with Crippen LogP contribution in [-0.4, -0.2) is 40.4 Å². The number of H-pyrrole nitrogens is 1. The Labute approximate surface area is 185 Å². The van der Waals surface area contributed by atoms with Gasteiger partial charge in [-0.2, -0.15) is 0 Å². The van der Waals surface area contributed by atoms with Crippen LogP contribution in [0.2, 0.25) is 0 Å². The number of nitrogens with two attached hydrogens (primary N) is 1. The number of hydrogen-bond acceptors (Lipinski definition) is 4. The number of hydrogen-bond donors (Lipinski definition) is 3. The summed E-state index contributed by atoms with van der Waals surface area (Å²) in [5.41, 5.74) is 7.62. The van der Waals surface area contributed by atoms with Crippen LogP contribution in [0.4, 0.5) is 4.39 Å². The van der Waals surface area contributed by atoms with Crippen molar-refractivity contribution in [3.05, 3.63) is 50.7 Å². The molecule has 6 nitrogen and oxygen atoms in total. The van der Waals surface area contributed by atoms with Crippen LogP contribution < -0.4 is 11.1 Å². The fraction of sp³-hybridized carbons (Fsp3) is 0.444. The van der Waals surface area contributed by atoms with Gasteiger partial charge in [0.25, 0.3) is 5.91 Å². The number of allylic oxidation sites excluding steroid dienone is 4. The van der Waals surface area contributed by atoms with Crippen molar-refractivity contribution in [3.63, 3.8) is 0 Å². The number of amides is 1. The van der Waals surface area contributed by atoms with E-state index in [2.05, 4.69) is 37.9 Å². The third kappa shape index (κ3) is 5.28. The molecule has 1 aromatic heterocycles. The van der Waals surface area contributed by atoms with Crippen molar-refractivity contribution in [3.8, 4) is 0 Å². The van der Waals surface area contributed by atoms with E-state index < -0.39 is 0 Å². The first-order chi connectivity index (χ1) is 12.5. The molecule has 0 bridgehead atoms. The van der Waals surface area contributed by atoms with E-state index >= 15 is 0 Å². The molecule has 0 spiro atoms. The van der Waals surface area contributed by atoms with Gasteiger partial charge < -0.3 is 20.9 Å². The second-order valence-corrected chi connectivity index (χ2v) is 7.62. The van der Waals surface area contributed by atoms with Crippen molar-refractivity contribution in [2.24, 2.45) is 11.7 Å². The van der Waals surface area contributed by atoms with Crippen molar-refractivity contribution in [1.82, 2.24) is 20.2 Å². The van der Waals surface area contributed by atoms with Gasteiger partial charge in [0.1, 0.15) is 9.53 Å². The van der Waals surface area contributed by atoms with Crippen molar-refractivity contribution in [2.45, 2.75) is 26.2 Å². The van der Waals surface area contributed by atoms with Crippen LogP contribution in [0.5, 0.6) is 0 Å². The van der Waals surface area contributed by atoms with Crippen molar-refractivity contribution in [1.29, 1.82) is 0 Å². The van der Waals surface area contributed by atoms with Gasteiger partial charge in [0.05, 0.1) is 5.70 Å². The standard InChI is InChI=1S/C18H23FIN5O.Re.H/c1-11-16(20)24-17(22-11)18(26)23-14-5-3-2-4-13(19)15(14)25-8-6-12(10-21)7-9-25;;/h2-4,12H,5-10,21H2,1H3,(H,22,24)(H,23,26);;. The molecule has 4 N–H and O–H groups in total. The first-order valence-corrected chi connectivity index (χ1v) is 9.81. The second kappa shape index (κ2) is 9.96. The van der Waals surface area contributed by atoms with Crippen LogP contribution in [0, 0.1) is 16.5 Å². The summed E-state index contributed by atoms with van der Waals surface area (Å²) in [6, 6.07) is 0. The molecule has 1 aliphatic carbocycles. The Bertz CT molecular complexity index is 761. The Morgan fingerprint density at radius 3 is 2.78 bits per heavy atom. The fourth-order valence-electron chi connectivity index (χ4n) is 3.25. The van der Waals surface area contributed by atoms with E-state index in [0.29, 0.717) is 30.3 Å². The van der Waals surface area contributed by atoms with Gasteiger partial charge in [0.2, 0.25) is 0 Å². The van der Waals surface area contributed by atoms with Crippen LogP contribution in [0.25, 0.3) is 0 Å². The normalized spacial score (nSPS) is 18.1. The van der Waals surface area contributed by atoms with Crippen LogP contribution >= 0.6 is 22.6 Å². The number of rotatable bonds is 4. The topological polar surface area (TPSA) is 87.0 Å². The molecule has 0 saturated carbocycles. The predicted molar refractivity (Wildman–Crippen MR) is 108 cm³/mol. The zero-order chi connectivity index (χ0) is 18.7. The summed E-state index contributed by atoms with van der Waals surface area (Å²) in [6.07, 6.45) is 7.28. The van der Waals surface area contributed by atoms with Gasteiger partial charge in [-0.15, -0.1) is 0 Å². The molecule has 148 valence electrons. The van der Waals surface area contributed by atoms with Gasteiger partial charge >= 0.3 is 20.4 Å². The van der Waals surface area contributed by atoms with E-state index in [4.69, 9.17) is 5.73 Å². The number of nitrogens with one attached hydrogen (secondary N) is 2. The summed E-state index contributed by atoms with van der Waals surface area (Å²) < 4.78 is 15.5.